The monoisotopic (exact) mass is 309 g/mol. The lowest BCUT2D eigenvalue weighted by atomic mass is 10.1. The van der Waals surface area contributed by atoms with Gasteiger partial charge in [-0.2, -0.15) is 13.2 Å². The average Bonchev–Trinajstić information content (AvgIpc) is 3.16. The van der Waals surface area contributed by atoms with Gasteiger partial charge in [-0.1, -0.05) is 6.07 Å². The van der Waals surface area contributed by atoms with Crippen LogP contribution in [-0.2, 0) is 16.2 Å². The number of hydrogen-bond donors (Lipinski definition) is 2. The molecule has 0 heterocycles. The van der Waals surface area contributed by atoms with E-state index in [1.165, 1.54) is 0 Å². The molecule has 0 bridgehead atoms. The lowest BCUT2D eigenvalue weighted by Crippen LogP contribution is -2.32. The second kappa shape index (κ2) is 5.01. The van der Waals surface area contributed by atoms with Gasteiger partial charge >= 0.3 is 6.18 Å². The zero-order chi connectivity index (χ0) is 15.0. The van der Waals surface area contributed by atoms with E-state index >= 15 is 0 Å². The maximum absolute atomic E-state index is 12.5. The number of nitrogens with one attached hydrogen (secondary N) is 1. The number of sulfonamides is 1. The minimum Gasteiger partial charge on any atom is -0.396 e. The summed E-state index contributed by atoms with van der Waals surface area (Å²) in [7, 11) is -4.01. The van der Waals surface area contributed by atoms with Gasteiger partial charge in [-0.05, 0) is 31.0 Å². The predicted molar refractivity (Wildman–Crippen MR) is 65.4 cm³/mol. The van der Waals surface area contributed by atoms with Crippen LogP contribution in [-0.4, -0.2) is 26.7 Å². The van der Waals surface area contributed by atoms with Crippen molar-refractivity contribution in [2.75, 3.05) is 13.2 Å². The Kier molecular flexibility index (Phi) is 3.83. The molecule has 2 N–H and O–H groups in total. The molecule has 1 aliphatic carbocycles. The summed E-state index contributed by atoms with van der Waals surface area (Å²) in [5.74, 6) is 0. The van der Waals surface area contributed by atoms with E-state index in [0.717, 1.165) is 18.2 Å². The molecule has 0 atom stereocenters. The SMILES string of the molecule is O=S(=O)(NCC1(CO)CC1)c1cccc(C(F)(F)F)c1. The van der Waals surface area contributed by atoms with Gasteiger partial charge in [0.05, 0.1) is 10.5 Å². The van der Waals surface area contributed by atoms with Crippen molar-refractivity contribution in [1.29, 1.82) is 0 Å². The first-order chi connectivity index (χ1) is 9.19. The highest BCUT2D eigenvalue weighted by Crippen LogP contribution is 2.44. The molecular weight excluding hydrogens is 295 g/mol. The van der Waals surface area contributed by atoms with Crippen molar-refractivity contribution in [1.82, 2.24) is 4.72 Å². The van der Waals surface area contributed by atoms with Gasteiger partial charge in [-0.3, -0.25) is 0 Å². The van der Waals surface area contributed by atoms with Crippen LogP contribution in [0.5, 0.6) is 0 Å². The van der Waals surface area contributed by atoms with Crippen molar-refractivity contribution in [3.8, 4) is 0 Å². The fourth-order valence-electron chi connectivity index (χ4n) is 1.74. The Bertz CT molecular complexity index is 594. The molecular formula is C12H14F3NO3S. The van der Waals surface area contributed by atoms with Gasteiger partial charge in [0.25, 0.3) is 0 Å². The Hall–Kier alpha value is -1.12. The van der Waals surface area contributed by atoms with Gasteiger partial charge in [0.1, 0.15) is 0 Å². The number of aliphatic hydroxyl groups is 1. The van der Waals surface area contributed by atoms with E-state index in [2.05, 4.69) is 4.72 Å². The minimum atomic E-state index is -4.59. The quantitative estimate of drug-likeness (QED) is 0.871. The minimum absolute atomic E-state index is 0.0298. The van der Waals surface area contributed by atoms with Crippen LogP contribution in [0.2, 0.25) is 0 Å². The topological polar surface area (TPSA) is 66.4 Å². The number of hydrogen-bond acceptors (Lipinski definition) is 3. The molecule has 4 nitrogen and oxygen atoms in total. The third-order valence-corrected chi connectivity index (χ3v) is 4.80. The molecule has 112 valence electrons. The molecule has 2 rings (SSSR count). The van der Waals surface area contributed by atoms with Gasteiger partial charge in [-0.25, -0.2) is 13.1 Å². The second-order valence-corrected chi connectivity index (χ2v) is 6.78. The van der Waals surface area contributed by atoms with Crippen LogP contribution in [0.15, 0.2) is 29.2 Å². The van der Waals surface area contributed by atoms with E-state index in [9.17, 15) is 21.6 Å². The van der Waals surface area contributed by atoms with Crippen LogP contribution in [0.4, 0.5) is 13.2 Å². The smallest absolute Gasteiger partial charge is 0.396 e. The van der Waals surface area contributed by atoms with Crippen molar-refractivity contribution in [2.24, 2.45) is 5.41 Å². The molecule has 0 aromatic heterocycles. The second-order valence-electron chi connectivity index (χ2n) is 5.01. The number of aliphatic hydroxyl groups excluding tert-OH is 1. The van der Waals surface area contributed by atoms with Gasteiger partial charge < -0.3 is 5.11 Å². The fourth-order valence-corrected chi connectivity index (χ4v) is 2.94. The third kappa shape index (κ3) is 3.31. The van der Waals surface area contributed by atoms with Gasteiger partial charge in [-0.15, -0.1) is 0 Å². The molecule has 0 amide bonds. The zero-order valence-corrected chi connectivity index (χ0v) is 11.3. The first-order valence-electron chi connectivity index (χ1n) is 5.96. The highest BCUT2D eigenvalue weighted by Gasteiger charge is 2.42. The molecule has 8 heteroatoms. The van der Waals surface area contributed by atoms with Crippen LogP contribution >= 0.6 is 0 Å². The van der Waals surface area contributed by atoms with Gasteiger partial charge in [0.2, 0.25) is 10.0 Å². The van der Waals surface area contributed by atoms with Crippen molar-refractivity contribution in [3.05, 3.63) is 29.8 Å². The molecule has 0 spiro atoms. The number of benzene rings is 1. The predicted octanol–water partition coefficient (Wildman–Crippen LogP) is 1.76. The summed E-state index contributed by atoms with van der Waals surface area (Å²) in [4.78, 5) is -0.430. The van der Waals surface area contributed by atoms with E-state index in [4.69, 9.17) is 5.11 Å². The molecule has 1 saturated carbocycles. The Labute approximate surface area is 114 Å². The Balaban J connectivity index is 2.17. The zero-order valence-electron chi connectivity index (χ0n) is 10.4. The van der Waals surface area contributed by atoms with Gasteiger partial charge in [0.15, 0.2) is 0 Å². The number of rotatable bonds is 5. The van der Waals surface area contributed by atoms with Crippen molar-refractivity contribution in [3.63, 3.8) is 0 Å². The molecule has 0 radical (unpaired) electrons. The van der Waals surface area contributed by atoms with Gasteiger partial charge in [0, 0.05) is 18.6 Å². The summed E-state index contributed by atoms with van der Waals surface area (Å²) in [5.41, 5.74) is -1.46. The molecule has 1 aromatic rings. The molecule has 20 heavy (non-hydrogen) atoms. The van der Waals surface area contributed by atoms with E-state index in [1.807, 2.05) is 0 Å². The van der Waals surface area contributed by atoms with E-state index in [0.29, 0.717) is 18.9 Å². The summed E-state index contributed by atoms with van der Waals surface area (Å²) in [5, 5.41) is 9.09. The summed E-state index contributed by atoms with van der Waals surface area (Å²) in [6.07, 6.45) is -3.18. The Morgan fingerprint density at radius 2 is 1.95 bits per heavy atom. The Morgan fingerprint density at radius 1 is 1.30 bits per heavy atom. The van der Waals surface area contributed by atoms with E-state index in [-0.39, 0.29) is 13.2 Å². The summed E-state index contributed by atoms with van der Waals surface area (Å²) in [6.45, 7) is -0.111. The lowest BCUT2D eigenvalue weighted by Gasteiger charge is -2.14. The maximum Gasteiger partial charge on any atom is 0.416 e. The maximum atomic E-state index is 12.5. The van der Waals surface area contributed by atoms with Crippen LogP contribution in [0.25, 0.3) is 0 Å². The Morgan fingerprint density at radius 3 is 2.45 bits per heavy atom. The molecule has 0 unspecified atom stereocenters. The summed E-state index contributed by atoms with van der Waals surface area (Å²) >= 11 is 0. The standard InChI is InChI=1S/C12H14F3NO3S/c13-12(14,15)9-2-1-3-10(6-9)20(18,19)16-7-11(8-17)4-5-11/h1-3,6,16-17H,4-5,7-8H2. The first kappa shape index (κ1) is 15.3. The lowest BCUT2D eigenvalue weighted by molar-refractivity contribution is -0.137. The van der Waals surface area contributed by atoms with E-state index < -0.39 is 32.1 Å². The summed E-state index contributed by atoms with van der Waals surface area (Å²) in [6, 6.07) is 3.57. The first-order valence-corrected chi connectivity index (χ1v) is 7.45. The normalized spacial score (nSPS) is 18.0. The highest BCUT2D eigenvalue weighted by molar-refractivity contribution is 7.89. The summed E-state index contributed by atoms with van der Waals surface area (Å²) < 4.78 is 63.8. The largest absolute Gasteiger partial charge is 0.416 e. The van der Waals surface area contributed by atoms with Crippen LogP contribution < -0.4 is 4.72 Å². The van der Waals surface area contributed by atoms with Crippen LogP contribution in [0.3, 0.4) is 0 Å². The van der Waals surface area contributed by atoms with Crippen molar-refractivity contribution >= 4 is 10.0 Å². The molecule has 1 fully saturated rings. The van der Waals surface area contributed by atoms with Crippen molar-refractivity contribution in [2.45, 2.75) is 23.9 Å². The molecule has 0 saturated heterocycles. The fraction of sp³-hybridized carbons (Fsp3) is 0.500. The third-order valence-electron chi connectivity index (χ3n) is 3.40. The van der Waals surface area contributed by atoms with E-state index in [1.54, 1.807) is 0 Å². The molecule has 0 aliphatic heterocycles. The molecule has 1 aromatic carbocycles. The number of halogens is 3. The van der Waals surface area contributed by atoms with Crippen LogP contribution in [0, 0.1) is 5.41 Å². The number of alkyl halides is 3. The average molecular weight is 309 g/mol. The van der Waals surface area contributed by atoms with Crippen molar-refractivity contribution < 1.29 is 26.7 Å². The van der Waals surface area contributed by atoms with Crippen LogP contribution in [0.1, 0.15) is 18.4 Å². The molecule has 1 aliphatic rings. The highest BCUT2D eigenvalue weighted by atomic mass is 32.2.